The van der Waals surface area contributed by atoms with E-state index in [1.54, 1.807) is 6.92 Å². The molecule has 4 unspecified atom stereocenters. The zero-order valence-electron chi connectivity index (χ0n) is 12.4. The van der Waals surface area contributed by atoms with Crippen molar-refractivity contribution in [3.63, 3.8) is 0 Å². The fourth-order valence-electron chi connectivity index (χ4n) is 3.88. The summed E-state index contributed by atoms with van der Waals surface area (Å²) in [7, 11) is 0. The number of nitrogens with zero attached hydrogens (tertiary/aromatic N) is 1. The Morgan fingerprint density at radius 1 is 1.37 bits per heavy atom. The second-order valence-corrected chi connectivity index (χ2v) is 6.33. The third kappa shape index (κ3) is 3.69. The van der Waals surface area contributed by atoms with Crippen LogP contribution in [0.25, 0.3) is 0 Å². The lowest BCUT2D eigenvalue weighted by atomic mass is 9.76. The zero-order valence-corrected chi connectivity index (χ0v) is 12.4. The average molecular weight is 267 g/mol. The Morgan fingerprint density at radius 3 is 2.79 bits per heavy atom. The van der Waals surface area contributed by atoms with E-state index in [0.717, 1.165) is 32.0 Å². The Bertz CT molecular complexity index is 308. The number of nitrogens with one attached hydrogen (secondary N) is 1. The average Bonchev–Trinajstić information content (AvgIpc) is 2.85. The lowest BCUT2D eigenvalue weighted by Gasteiger charge is -2.41. The molecule has 0 aromatic carbocycles. The molecule has 1 amide bonds. The van der Waals surface area contributed by atoms with Crippen LogP contribution in [0.4, 0.5) is 0 Å². The van der Waals surface area contributed by atoms with Gasteiger partial charge in [-0.25, -0.2) is 0 Å². The van der Waals surface area contributed by atoms with Crippen molar-refractivity contribution in [3.05, 3.63) is 0 Å². The normalized spacial score (nSPS) is 36.4. The standard InChI is InChI=1S/C15H29N3O/c1-3-12-4-5-13(9-16)15(8-12)18-7-6-14(10-18)17-11(2)19/h12-15H,3-10,16H2,1-2H3,(H,17,19). The summed E-state index contributed by atoms with van der Waals surface area (Å²) in [6.45, 7) is 6.84. The van der Waals surface area contributed by atoms with Crippen molar-refractivity contribution in [2.45, 2.75) is 58.0 Å². The molecular formula is C15H29N3O. The predicted molar refractivity (Wildman–Crippen MR) is 77.8 cm³/mol. The van der Waals surface area contributed by atoms with Crippen molar-refractivity contribution in [2.75, 3.05) is 19.6 Å². The van der Waals surface area contributed by atoms with Crippen LogP contribution in [0.2, 0.25) is 0 Å². The summed E-state index contributed by atoms with van der Waals surface area (Å²) < 4.78 is 0. The van der Waals surface area contributed by atoms with Crippen LogP contribution in [0.5, 0.6) is 0 Å². The minimum atomic E-state index is 0.0947. The topological polar surface area (TPSA) is 58.4 Å². The molecule has 4 atom stereocenters. The number of amides is 1. The Balaban J connectivity index is 1.93. The first-order chi connectivity index (χ1) is 9.13. The number of hydrogen-bond donors (Lipinski definition) is 2. The van der Waals surface area contributed by atoms with Crippen molar-refractivity contribution in [2.24, 2.45) is 17.6 Å². The van der Waals surface area contributed by atoms with E-state index < -0.39 is 0 Å². The summed E-state index contributed by atoms with van der Waals surface area (Å²) in [6.07, 6.45) is 6.30. The van der Waals surface area contributed by atoms with E-state index in [-0.39, 0.29) is 5.91 Å². The first kappa shape index (κ1) is 14.8. The molecule has 0 aromatic rings. The van der Waals surface area contributed by atoms with Crippen LogP contribution in [-0.4, -0.2) is 42.5 Å². The highest BCUT2D eigenvalue weighted by Crippen LogP contribution is 2.35. The van der Waals surface area contributed by atoms with Gasteiger partial charge >= 0.3 is 0 Å². The fourth-order valence-corrected chi connectivity index (χ4v) is 3.88. The van der Waals surface area contributed by atoms with Crippen molar-refractivity contribution in [3.8, 4) is 0 Å². The maximum atomic E-state index is 11.2. The van der Waals surface area contributed by atoms with Crippen LogP contribution < -0.4 is 11.1 Å². The van der Waals surface area contributed by atoms with Crippen molar-refractivity contribution < 1.29 is 4.79 Å². The van der Waals surface area contributed by atoms with Crippen molar-refractivity contribution >= 4 is 5.91 Å². The van der Waals surface area contributed by atoms with Gasteiger partial charge in [-0.05, 0) is 37.6 Å². The van der Waals surface area contributed by atoms with E-state index >= 15 is 0 Å². The second-order valence-electron chi connectivity index (χ2n) is 6.33. The molecule has 0 spiro atoms. The molecule has 1 saturated carbocycles. The summed E-state index contributed by atoms with van der Waals surface area (Å²) >= 11 is 0. The van der Waals surface area contributed by atoms with Crippen LogP contribution >= 0.6 is 0 Å². The van der Waals surface area contributed by atoms with Gasteiger partial charge in [0.1, 0.15) is 0 Å². The number of carbonyl (C=O) groups excluding carboxylic acids is 1. The van der Waals surface area contributed by atoms with Crippen molar-refractivity contribution in [1.29, 1.82) is 0 Å². The van der Waals surface area contributed by atoms with E-state index in [1.165, 1.54) is 25.7 Å². The molecule has 0 bridgehead atoms. The molecule has 2 fully saturated rings. The SMILES string of the molecule is CCC1CCC(CN)C(N2CCC(NC(C)=O)C2)C1. The lowest BCUT2D eigenvalue weighted by molar-refractivity contribution is -0.119. The predicted octanol–water partition coefficient (Wildman–Crippen LogP) is 1.35. The quantitative estimate of drug-likeness (QED) is 0.808. The highest BCUT2D eigenvalue weighted by atomic mass is 16.1. The number of hydrogen-bond acceptors (Lipinski definition) is 3. The molecular weight excluding hydrogens is 238 g/mol. The van der Waals surface area contributed by atoms with Gasteiger partial charge in [-0.1, -0.05) is 19.8 Å². The van der Waals surface area contributed by atoms with Crippen LogP contribution in [0.1, 0.15) is 46.0 Å². The van der Waals surface area contributed by atoms with Gasteiger partial charge in [0.05, 0.1) is 0 Å². The molecule has 19 heavy (non-hydrogen) atoms. The molecule has 4 nitrogen and oxygen atoms in total. The molecule has 3 N–H and O–H groups in total. The van der Waals surface area contributed by atoms with Gasteiger partial charge in [-0.2, -0.15) is 0 Å². The molecule has 1 saturated heterocycles. The van der Waals surface area contributed by atoms with Gasteiger partial charge in [0.25, 0.3) is 0 Å². The van der Waals surface area contributed by atoms with Crippen LogP contribution in [0, 0.1) is 11.8 Å². The third-order valence-corrected chi connectivity index (χ3v) is 5.04. The minimum Gasteiger partial charge on any atom is -0.352 e. The molecule has 1 aliphatic carbocycles. The fraction of sp³-hybridized carbons (Fsp3) is 0.933. The van der Waals surface area contributed by atoms with E-state index in [0.29, 0.717) is 18.0 Å². The Hall–Kier alpha value is -0.610. The van der Waals surface area contributed by atoms with Gasteiger partial charge in [-0.3, -0.25) is 9.69 Å². The smallest absolute Gasteiger partial charge is 0.217 e. The van der Waals surface area contributed by atoms with E-state index in [9.17, 15) is 4.79 Å². The molecule has 0 radical (unpaired) electrons. The van der Waals surface area contributed by atoms with Gasteiger partial charge in [0.2, 0.25) is 5.91 Å². The number of carbonyl (C=O) groups is 1. The first-order valence-corrected chi connectivity index (χ1v) is 7.85. The zero-order chi connectivity index (χ0) is 13.8. The number of likely N-dealkylation sites (tertiary alicyclic amines) is 1. The molecule has 2 rings (SSSR count). The second kappa shape index (κ2) is 6.71. The monoisotopic (exact) mass is 267 g/mol. The lowest BCUT2D eigenvalue weighted by Crippen LogP contribution is -2.47. The van der Waals surface area contributed by atoms with Gasteiger partial charge < -0.3 is 11.1 Å². The Kier molecular flexibility index (Phi) is 5.22. The summed E-state index contributed by atoms with van der Waals surface area (Å²) in [5.41, 5.74) is 5.97. The van der Waals surface area contributed by atoms with Gasteiger partial charge in [-0.15, -0.1) is 0 Å². The van der Waals surface area contributed by atoms with Crippen LogP contribution in [-0.2, 0) is 4.79 Å². The highest BCUT2D eigenvalue weighted by Gasteiger charge is 2.36. The van der Waals surface area contributed by atoms with Gasteiger partial charge in [0.15, 0.2) is 0 Å². The first-order valence-electron chi connectivity index (χ1n) is 7.85. The summed E-state index contributed by atoms with van der Waals surface area (Å²) in [5.74, 6) is 1.61. The minimum absolute atomic E-state index is 0.0947. The molecule has 4 heteroatoms. The van der Waals surface area contributed by atoms with E-state index in [4.69, 9.17) is 5.73 Å². The highest BCUT2D eigenvalue weighted by molar-refractivity contribution is 5.73. The van der Waals surface area contributed by atoms with Crippen molar-refractivity contribution in [1.82, 2.24) is 10.2 Å². The summed E-state index contributed by atoms with van der Waals surface area (Å²) in [6, 6.07) is 0.986. The van der Waals surface area contributed by atoms with Crippen LogP contribution in [0.3, 0.4) is 0 Å². The largest absolute Gasteiger partial charge is 0.352 e. The molecule has 110 valence electrons. The van der Waals surface area contributed by atoms with E-state index in [2.05, 4.69) is 17.1 Å². The summed E-state index contributed by atoms with van der Waals surface area (Å²) in [4.78, 5) is 13.7. The van der Waals surface area contributed by atoms with Crippen LogP contribution in [0.15, 0.2) is 0 Å². The number of nitrogens with two attached hydrogens (primary N) is 1. The Labute approximate surface area is 117 Å². The maximum Gasteiger partial charge on any atom is 0.217 e. The van der Waals surface area contributed by atoms with E-state index in [1.807, 2.05) is 0 Å². The molecule has 0 aromatic heterocycles. The number of rotatable bonds is 4. The summed E-state index contributed by atoms with van der Waals surface area (Å²) in [5, 5.41) is 3.06. The molecule has 2 aliphatic rings. The molecule has 1 aliphatic heterocycles. The third-order valence-electron chi connectivity index (χ3n) is 5.04. The Morgan fingerprint density at radius 2 is 2.16 bits per heavy atom. The van der Waals surface area contributed by atoms with Gasteiger partial charge in [0, 0.05) is 32.1 Å². The molecule has 1 heterocycles. The maximum absolute atomic E-state index is 11.2.